The van der Waals surface area contributed by atoms with Gasteiger partial charge in [-0.25, -0.2) is 4.98 Å². The molecule has 0 radical (unpaired) electrons. The lowest BCUT2D eigenvalue weighted by Gasteiger charge is -2.06. The maximum absolute atomic E-state index is 11.6. The summed E-state index contributed by atoms with van der Waals surface area (Å²) >= 11 is 0. The molecule has 0 aliphatic heterocycles. The number of amides is 1. The van der Waals surface area contributed by atoms with Gasteiger partial charge in [-0.15, -0.1) is 15.3 Å². The van der Waals surface area contributed by atoms with Crippen molar-refractivity contribution in [3.8, 4) is 0 Å². The first kappa shape index (κ1) is 10.2. The monoisotopic (exact) mass is 222 g/mol. The number of aromatic amines is 2. The number of H-pyrrole nitrogens is 2. The highest BCUT2D eigenvalue weighted by atomic mass is 16.2. The predicted molar refractivity (Wildman–Crippen MR) is 51.2 cm³/mol. The van der Waals surface area contributed by atoms with Crippen LogP contribution in [-0.2, 0) is 0 Å². The highest BCUT2D eigenvalue weighted by Crippen LogP contribution is 2.04. The third kappa shape index (κ3) is 2.02. The molecular formula is C7H10N8O. The Morgan fingerprint density at radius 3 is 2.81 bits per heavy atom. The van der Waals surface area contributed by atoms with E-state index in [0.717, 1.165) is 0 Å². The summed E-state index contributed by atoms with van der Waals surface area (Å²) in [7, 11) is 0. The summed E-state index contributed by atoms with van der Waals surface area (Å²) in [6, 6.07) is -0.356. The van der Waals surface area contributed by atoms with Gasteiger partial charge in [-0.3, -0.25) is 9.89 Å². The van der Waals surface area contributed by atoms with Crippen molar-refractivity contribution in [3.05, 3.63) is 17.5 Å². The van der Waals surface area contributed by atoms with Gasteiger partial charge in [0.1, 0.15) is 5.82 Å². The summed E-state index contributed by atoms with van der Waals surface area (Å²) in [5.41, 5.74) is 0. The molecule has 3 N–H and O–H groups in total. The summed E-state index contributed by atoms with van der Waals surface area (Å²) in [5, 5.41) is 22.2. The standard InChI is InChI=1S/C7H10N8O/c1-3(5-12-14-15-13-5)8-7(16)6-9-4(2)10-11-6/h3H,1-2H3,(H,8,16)(H,9,10,11)(H,12,13,14,15). The second kappa shape index (κ2) is 4.04. The lowest BCUT2D eigenvalue weighted by atomic mass is 10.3. The van der Waals surface area contributed by atoms with Crippen LogP contribution in [0.5, 0.6) is 0 Å². The Bertz CT molecular complexity index is 474. The number of nitrogens with one attached hydrogen (secondary N) is 3. The molecule has 0 spiro atoms. The molecule has 0 aliphatic carbocycles. The summed E-state index contributed by atoms with van der Waals surface area (Å²) in [6.07, 6.45) is 0. The number of aryl methyl sites for hydroxylation is 1. The second-order valence-corrected chi connectivity index (χ2v) is 3.21. The molecule has 9 nitrogen and oxygen atoms in total. The van der Waals surface area contributed by atoms with E-state index in [2.05, 4.69) is 41.1 Å². The number of rotatable bonds is 3. The molecule has 2 aromatic rings. The van der Waals surface area contributed by atoms with Gasteiger partial charge in [0.15, 0.2) is 5.82 Å². The molecule has 16 heavy (non-hydrogen) atoms. The Labute approximate surface area is 90.1 Å². The lowest BCUT2D eigenvalue weighted by molar-refractivity contribution is 0.0928. The van der Waals surface area contributed by atoms with Gasteiger partial charge in [0, 0.05) is 0 Å². The zero-order valence-corrected chi connectivity index (χ0v) is 8.72. The fraction of sp³-hybridized carbons (Fsp3) is 0.429. The van der Waals surface area contributed by atoms with Crippen LogP contribution in [0.2, 0.25) is 0 Å². The van der Waals surface area contributed by atoms with Crippen LogP contribution in [0, 0.1) is 6.92 Å². The van der Waals surface area contributed by atoms with Gasteiger partial charge in [0.25, 0.3) is 5.91 Å². The molecule has 1 atom stereocenters. The van der Waals surface area contributed by atoms with Crippen LogP contribution < -0.4 is 5.32 Å². The molecule has 1 amide bonds. The third-order valence-corrected chi connectivity index (χ3v) is 1.90. The smallest absolute Gasteiger partial charge is 0.291 e. The van der Waals surface area contributed by atoms with Crippen molar-refractivity contribution >= 4 is 5.91 Å². The van der Waals surface area contributed by atoms with Crippen LogP contribution in [-0.4, -0.2) is 41.7 Å². The van der Waals surface area contributed by atoms with E-state index in [1.165, 1.54) is 0 Å². The van der Waals surface area contributed by atoms with Gasteiger partial charge in [-0.1, -0.05) is 5.21 Å². The maximum atomic E-state index is 11.6. The summed E-state index contributed by atoms with van der Waals surface area (Å²) in [6.45, 7) is 3.45. The first-order valence-electron chi connectivity index (χ1n) is 4.60. The molecule has 2 rings (SSSR count). The summed E-state index contributed by atoms with van der Waals surface area (Å²) < 4.78 is 0. The number of tetrazole rings is 1. The van der Waals surface area contributed by atoms with E-state index >= 15 is 0 Å². The number of carbonyl (C=O) groups is 1. The molecule has 0 saturated heterocycles. The number of nitrogens with zero attached hydrogens (tertiary/aromatic N) is 5. The average molecular weight is 222 g/mol. The van der Waals surface area contributed by atoms with E-state index < -0.39 is 0 Å². The molecule has 0 aromatic carbocycles. The van der Waals surface area contributed by atoms with Crippen LogP contribution in [0.25, 0.3) is 0 Å². The minimum atomic E-state index is -0.387. The first-order chi connectivity index (χ1) is 7.66. The third-order valence-electron chi connectivity index (χ3n) is 1.90. The van der Waals surface area contributed by atoms with Gasteiger partial charge in [0.2, 0.25) is 5.82 Å². The quantitative estimate of drug-likeness (QED) is 0.619. The zero-order valence-electron chi connectivity index (χ0n) is 8.72. The fourth-order valence-corrected chi connectivity index (χ4v) is 1.12. The normalized spacial score (nSPS) is 12.4. The van der Waals surface area contributed by atoms with Gasteiger partial charge in [0.05, 0.1) is 6.04 Å². The SMILES string of the molecule is Cc1nc(C(=O)NC(C)c2nn[nH]n2)n[nH]1. The van der Waals surface area contributed by atoms with Gasteiger partial charge in [-0.05, 0) is 13.8 Å². The van der Waals surface area contributed by atoms with Crippen LogP contribution in [0.4, 0.5) is 0 Å². The van der Waals surface area contributed by atoms with Crippen molar-refractivity contribution in [2.24, 2.45) is 0 Å². The lowest BCUT2D eigenvalue weighted by Crippen LogP contribution is -2.28. The molecule has 1 unspecified atom stereocenters. The van der Waals surface area contributed by atoms with E-state index in [1.807, 2.05) is 0 Å². The largest absolute Gasteiger partial charge is 0.339 e. The zero-order chi connectivity index (χ0) is 11.5. The Hall–Kier alpha value is -2.32. The van der Waals surface area contributed by atoms with Crippen LogP contribution in [0.1, 0.15) is 35.2 Å². The summed E-state index contributed by atoms with van der Waals surface area (Å²) in [4.78, 5) is 15.5. The number of hydrogen-bond donors (Lipinski definition) is 3. The number of hydrogen-bond acceptors (Lipinski definition) is 6. The Morgan fingerprint density at radius 1 is 1.44 bits per heavy atom. The Kier molecular flexibility index (Phi) is 2.58. The first-order valence-corrected chi connectivity index (χ1v) is 4.60. The topological polar surface area (TPSA) is 125 Å². The van der Waals surface area contributed by atoms with Gasteiger partial charge < -0.3 is 5.32 Å². The molecule has 2 heterocycles. The molecule has 0 bridgehead atoms. The van der Waals surface area contributed by atoms with Crippen molar-refractivity contribution in [3.63, 3.8) is 0 Å². The average Bonchev–Trinajstić information content (AvgIpc) is 2.87. The van der Waals surface area contributed by atoms with Crippen molar-refractivity contribution in [1.82, 2.24) is 41.1 Å². The van der Waals surface area contributed by atoms with Gasteiger partial charge >= 0.3 is 0 Å². The Balaban J connectivity index is 2.03. The molecule has 84 valence electrons. The van der Waals surface area contributed by atoms with Gasteiger partial charge in [-0.2, -0.15) is 5.21 Å². The second-order valence-electron chi connectivity index (χ2n) is 3.21. The highest BCUT2D eigenvalue weighted by molar-refractivity contribution is 5.90. The van der Waals surface area contributed by atoms with E-state index in [-0.39, 0.29) is 17.8 Å². The fourth-order valence-electron chi connectivity index (χ4n) is 1.12. The van der Waals surface area contributed by atoms with E-state index in [1.54, 1.807) is 13.8 Å². The van der Waals surface area contributed by atoms with Crippen molar-refractivity contribution < 1.29 is 4.79 Å². The number of carbonyl (C=O) groups excluding carboxylic acids is 1. The van der Waals surface area contributed by atoms with Crippen LogP contribution in [0.15, 0.2) is 0 Å². The predicted octanol–water partition coefficient (Wildman–Crippen LogP) is -0.883. The van der Waals surface area contributed by atoms with Crippen LogP contribution >= 0.6 is 0 Å². The van der Waals surface area contributed by atoms with E-state index in [0.29, 0.717) is 11.6 Å². The molecule has 0 aliphatic rings. The van der Waals surface area contributed by atoms with Crippen LogP contribution in [0.3, 0.4) is 0 Å². The molecule has 0 saturated carbocycles. The van der Waals surface area contributed by atoms with Crippen molar-refractivity contribution in [1.29, 1.82) is 0 Å². The summed E-state index contributed by atoms with van der Waals surface area (Å²) in [5.74, 6) is 0.687. The molecular weight excluding hydrogens is 212 g/mol. The number of aromatic nitrogens is 7. The van der Waals surface area contributed by atoms with E-state index in [9.17, 15) is 4.79 Å². The minimum Gasteiger partial charge on any atom is -0.339 e. The minimum absolute atomic E-state index is 0.0906. The molecule has 2 aromatic heterocycles. The highest BCUT2D eigenvalue weighted by Gasteiger charge is 2.17. The maximum Gasteiger partial charge on any atom is 0.291 e. The van der Waals surface area contributed by atoms with Crippen molar-refractivity contribution in [2.45, 2.75) is 19.9 Å². The molecule has 0 fully saturated rings. The van der Waals surface area contributed by atoms with Crippen molar-refractivity contribution in [2.75, 3.05) is 0 Å². The molecule has 9 heteroatoms. The van der Waals surface area contributed by atoms with E-state index in [4.69, 9.17) is 0 Å². The Morgan fingerprint density at radius 2 is 2.25 bits per heavy atom.